The predicted molar refractivity (Wildman–Crippen MR) is 106 cm³/mol. The molecule has 0 saturated carbocycles. The fourth-order valence-electron chi connectivity index (χ4n) is 2.37. The van der Waals surface area contributed by atoms with Crippen LogP contribution in [-0.4, -0.2) is 4.58 Å². The Morgan fingerprint density at radius 3 is 1.87 bits per heavy atom. The van der Waals surface area contributed by atoms with Crippen LogP contribution >= 0.6 is 23.5 Å². The third-order valence-electron chi connectivity index (χ3n) is 3.61. The van der Waals surface area contributed by atoms with Gasteiger partial charge in [0.2, 0.25) is 0 Å². The maximum atomic E-state index is 4.32. The Balaban J connectivity index is 1.97. The number of thioether (sulfide) groups is 2. The number of allylic oxidation sites excluding steroid dienone is 1. The van der Waals surface area contributed by atoms with E-state index >= 15 is 0 Å². The highest BCUT2D eigenvalue weighted by atomic mass is 32.2. The minimum Gasteiger partial charge on any atom is -0.111 e. The molecule has 0 saturated heterocycles. The van der Waals surface area contributed by atoms with E-state index in [0.717, 1.165) is 12.8 Å². The third-order valence-corrected chi connectivity index (χ3v) is 6.14. The highest BCUT2D eigenvalue weighted by Crippen LogP contribution is 2.39. The lowest BCUT2D eigenvalue weighted by Gasteiger charge is -2.18. The molecule has 23 heavy (non-hydrogen) atoms. The summed E-state index contributed by atoms with van der Waals surface area (Å²) in [5.74, 6) is 0. The lowest BCUT2D eigenvalue weighted by molar-refractivity contribution is 0.702. The van der Waals surface area contributed by atoms with Crippen molar-refractivity contribution in [3.05, 3.63) is 72.8 Å². The van der Waals surface area contributed by atoms with Gasteiger partial charge in [-0.05, 0) is 43.5 Å². The molecule has 0 heterocycles. The van der Waals surface area contributed by atoms with Gasteiger partial charge in [-0.3, -0.25) is 0 Å². The first-order valence-corrected chi connectivity index (χ1v) is 10.1. The average Bonchev–Trinajstić information content (AvgIpc) is 2.57. The lowest BCUT2D eigenvalue weighted by atomic mass is 10.1. The van der Waals surface area contributed by atoms with E-state index in [1.165, 1.54) is 34.6 Å². The standard InChI is InChI=1S/C21H26S2/c1-3-4-7-12-18(2)17-21(22-19-13-8-5-9-14-19)23-20-15-10-6-11-16-20/h5-6,8-11,13-16,21H,2-4,7,12,17H2,1H3. The van der Waals surface area contributed by atoms with E-state index in [9.17, 15) is 0 Å². The van der Waals surface area contributed by atoms with Crippen LogP contribution in [0.15, 0.2) is 82.6 Å². The van der Waals surface area contributed by atoms with Crippen molar-refractivity contribution in [2.45, 2.75) is 53.4 Å². The fourth-order valence-corrected chi connectivity index (χ4v) is 5.10. The maximum absolute atomic E-state index is 4.32. The summed E-state index contributed by atoms with van der Waals surface area (Å²) in [7, 11) is 0. The first-order chi connectivity index (χ1) is 11.3. The molecule has 0 aromatic heterocycles. The number of hydrogen-bond donors (Lipinski definition) is 0. The second-order valence-electron chi connectivity index (χ2n) is 5.70. The predicted octanol–water partition coefficient (Wildman–Crippen LogP) is 7.42. The van der Waals surface area contributed by atoms with Crippen LogP contribution in [0.2, 0.25) is 0 Å². The van der Waals surface area contributed by atoms with Crippen LogP contribution in [-0.2, 0) is 0 Å². The second kappa shape index (κ2) is 10.6. The van der Waals surface area contributed by atoms with Crippen LogP contribution in [0.1, 0.15) is 39.0 Å². The van der Waals surface area contributed by atoms with Crippen molar-refractivity contribution < 1.29 is 0 Å². The van der Waals surface area contributed by atoms with E-state index in [-0.39, 0.29) is 0 Å². The van der Waals surface area contributed by atoms with Crippen molar-refractivity contribution >= 4 is 23.5 Å². The molecular weight excluding hydrogens is 316 g/mol. The Labute approximate surface area is 149 Å². The molecule has 0 N–H and O–H groups in total. The number of rotatable bonds is 10. The van der Waals surface area contributed by atoms with Gasteiger partial charge in [-0.15, -0.1) is 23.5 Å². The Morgan fingerprint density at radius 2 is 1.39 bits per heavy atom. The van der Waals surface area contributed by atoms with Gasteiger partial charge in [0.1, 0.15) is 0 Å². The van der Waals surface area contributed by atoms with Gasteiger partial charge in [0.05, 0.1) is 4.58 Å². The summed E-state index contributed by atoms with van der Waals surface area (Å²) in [5.41, 5.74) is 1.38. The quantitative estimate of drug-likeness (QED) is 0.191. The molecule has 2 heteroatoms. The SMILES string of the molecule is C=C(CCCCC)CC(Sc1ccccc1)Sc1ccccc1. The van der Waals surface area contributed by atoms with Gasteiger partial charge in [-0.1, -0.05) is 68.3 Å². The van der Waals surface area contributed by atoms with Gasteiger partial charge >= 0.3 is 0 Å². The van der Waals surface area contributed by atoms with Crippen molar-refractivity contribution in [2.24, 2.45) is 0 Å². The van der Waals surface area contributed by atoms with Gasteiger partial charge in [-0.25, -0.2) is 0 Å². The molecule has 0 aliphatic carbocycles. The summed E-state index contributed by atoms with van der Waals surface area (Å²) < 4.78 is 0.480. The van der Waals surface area contributed by atoms with Crippen LogP contribution in [0.4, 0.5) is 0 Å². The van der Waals surface area contributed by atoms with Crippen molar-refractivity contribution in [3.63, 3.8) is 0 Å². The largest absolute Gasteiger partial charge is 0.111 e. The summed E-state index contributed by atoms with van der Waals surface area (Å²) in [4.78, 5) is 2.67. The smallest absolute Gasteiger partial charge is 0.0633 e. The average molecular weight is 343 g/mol. The van der Waals surface area contributed by atoms with E-state index in [4.69, 9.17) is 0 Å². The molecule has 0 fully saturated rings. The normalized spacial score (nSPS) is 10.9. The van der Waals surface area contributed by atoms with Gasteiger partial charge in [0, 0.05) is 9.79 Å². The maximum Gasteiger partial charge on any atom is 0.0633 e. The summed E-state index contributed by atoms with van der Waals surface area (Å²) in [6.07, 6.45) is 6.08. The molecule has 2 aromatic rings. The first-order valence-electron chi connectivity index (χ1n) is 8.38. The molecule has 0 bridgehead atoms. The Kier molecular flexibility index (Phi) is 8.41. The molecule has 0 aliphatic rings. The molecule has 0 nitrogen and oxygen atoms in total. The zero-order chi connectivity index (χ0) is 16.3. The molecule has 0 aliphatic heterocycles. The van der Waals surface area contributed by atoms with Gasteiger partial charge in [-0.2, -0.15) is 0 Å². The van der Waals surface area contributed by atoms with Crippen LogP contribution in [0.5, 0.6) is 0 Å². The van der Waals surface area contributed by atoms with Crippen LogP contribution < -0.4 is 0 Å². The van der Waals surface area contributed by atoms with Crippen LogP contribution in [0, 0.1) is 0 Å². The zero-order valence-electron chi connectivity index (χ0n) is 13.9. The molecule has 2 aromatic carbocycles. The van der Waals surface area contributed by atoms with E-state index in [2.05, 4.69) is 74.2 Å². The molecule has 0 amide bonds. The Morgan fingerprint density at radius 1 is 0.870 bits per heavy atom. The molecule has 122 valence electrons. The molecule has 0 spiro atoms. The molecule has 0 atom stereocenters. The second-order valence-corrected chi connectivity index (χ2v) is 8.55. The minimum absolute atomic E-state index is 0.480. The highest BCUT2D eigenvalue weighted by Gasteiger charge is 2.14. The third kappa shape index (κ3) is 7.32. The van der Waals surface area contributed by atoms with Crippen molar-refractivity contribution in [3.8, 4) is 0 Å². The Bertz CT molecular complexity index is 521. The van der Waals surface area contributed by atoms with E-state index in [1.54, 1.807) is 0 Å². The highest BCUT2D eigenvalue weighted by molar-refractivity contribution is 8.17. The molecule has 0 radical (unpaired) electrons. The van der Waals surface area contributed by atoms with Crippen LogP contribution in [0.3, 0.4) is 0 Å². The lowest BCUT2D eigenvalue weighted by Crippen LogP contribution is -1.99. The zero-order valence-corrected chi connectivity index (χ0v) is 15.5. The van der Waals surface area contributed by atoms with E-state index in [0.29, 0.717) is 4.58 Å². The van der Waals surface area contributed by atoms with Gasteiger partial charge in [0.15, 0.2) is 0 Å². The summed E-state index contributed by atoms with van der Waals surface area (Å²) in [6.45, 7) is 6.57. The van der Waals surface area contributed by atoms with Gasteiger partial charge < -0.3 is 0 Å². The number of benzene rings is 2. The topological polar surface area (TPSA) is 0 Å². The fraction of sp³-hybridized carbons (Fsp3) is 0.333. The minimum atomic E-state index is 0.480. The molecule has 0 unspecified atom stereocenters. The van der Waals surface area contributed by atoms with Crippen LogP contribution in [0.25, 0.3) is 0 Å². The van der Waals surface area contributed by atoms with Gasteiger partial charge in [0.25, 0.3) is 0 Å². The molecular formula is C21H26S2. The van der Waals surface area contributed by atoms with Crippen molar-refractivity contribution in [2.75, 3.05) is 0 Å². The van der Waals surface area contributed by atoms with E-state index in [1.807, 2.05) is 23.5 Å². The monoisotopic (exact) mass is 342 g/mol. The molecule has 2 rings (SSSR count). The number of hydrogen-bond acceptors (Lipinski definition) is 2. The van der Waals surface area contributed by atoms with Crippen molar-refractivity contribution in [1.82, 2.24) is 0 Å². The summed E-state index contributed by atoms with van der Waals surface area (Å²) >= 11 is 3.91. The summed E-state index contributed by atoms with van der Waals surface area (Å²) in [6, 6.07) is 21.4. The first kappa shape index (κ1) is 18.2. The Hall–Kier alpha value is -1.12. The van der Waals surface area contributed by atoms with Crippen molar-refractivity contribution in [1.29, 1.82) is 0 Å². The summed E-state index contributed by atoms with van der Waals surface area (Å²) in [5, 5.41) is 0. The van der Waals surface area contributed by atoms with E-state index < -0.39 is 0 Å². The number of unbranched alkanes of at least 4 members (excludes halogenated alkanes) is 2.